The Morgan fingerprint density at radius 2 is 1.79 bits per heavy atom. The number of rotatable bonds is 5. The first-order valence-electron chi connectivity index (χ1n) is 8.18. The molecule has 2 atom stereocenters. The minimum absolute atomic E-state index is 0. The van der Waals surface area contributed by atoms with Crippen molar-refractivity contribution in [2.45, 2.75) is 39.2 Å². The van der Waals surface area contributed by atoms with Crippen molar-refractivity contribution in [3.63, 3.8) is 0 Å². The number of para-hydroxylation sites is 2. The second kappa shape index (κ2) is 9.49. The van der Waals surface area contributed by atoms with Gasteiger partial charge in [0.25, 0.3) is 0 Å². The lowest BCUT2D eigenvalue weighted by molar-refractivity contribution is -0.120. The fraction of sp³-hybridized carbons (Fsp3) is 0.529. The van der Waals surface area contributed by atoms with E-state index >= 15 is 0 Å². The van der Waals surface area contributed by atoms with E-state index in [2.05, 4.69) is 16.0 Å². The Bertz CT molecular complexity index is 565. The van der Waals surface area contributed by atoms with Crippen LogP contribution in [0.4, 0.5) is 16.2 Å². The van der Waals surface area contributed by atoms with Gasteiger partial charge in [-0.2, -0.15) is 0 Å². The highest BCUT2D eigenvalue weighted by molar-refractivity contribution is 6.00. The number of hydrogen-bond acceptors (Lipinski definition) is 3. The maximum Gasteiger partial charge on any atom is 0.319 e. The van der Waals surface area contributed by atoms with Gasteiger partial charge in [-0.25, -0.2) is 4.79 Å². The van der Waals surface area contributed by atoms with E-state index in [0.29, 0.717) is 17.9 Å². The number of benzene rings is 1. The summed E-state index contributed by atoms with van der Waals surface area (Å²) in [6, 6.07) is 6.96. The van der Waals surface area contributed by atoms with Crippen molar-refractivity contribution in [1.29, 1.82) is 0 Å². The Balaban J connectivity index is 0.00000288. The number of nitrogens with two attached hydrogens (primary N) is 1. The SMILES string of the molecule is CC(C)NC(=O)Nc1ccccc1NC(=O)[C@@H]1CCC[C@@H]1CN.Cl. The third kappa shape index (κ3) is 5.39. The summed E-state index contributed by atoms with van der Waals surface area (Å²) in [6.45, 7) is 4.31. The second-order valence-corrected chi connectivity index (χ2v) is 6.32. The van der Waals surface area contributed by atoms with Gasteiger partial charge >= 0.3 is 6.03 Å². The Morgan fingerprint density at radius 1 is 1.17 bits per heavy atom. The van der Waals surface area contributed by atoms with Crippen LogP contribution >= 0.6 is 12.4 Å². The van der Waals surface area contributed by atoms with Crippen molar-refractivity contribution in [1.82, 2.24) is 5.32 Å². The molecule has 0 aliphatic heterocycles. The summed E-state index contributed by atoms with van der Waals surface area (Å²) in [5.41, 5.74) is 6.95. The first kappa shape index (κ1) is 20.3. The summed E-state index contributed by atoms with van der Waals surface area (Å²) >= 11 is 0. The third-order valence-electron chi connectivity index (χ3n) is 4.15. The molecule has 5 N–H and O–H groups in total. The Labute approximate surface area is 149 Å². The number of amides is 3. The molecular formula is C17H27ClN4O2. The lowest BCUT2D eigenvalue weighted by Crippen LogP contribution is -2.34. The van der Waals surface area contributed by atoms with E-state index in [4.69, 9.17) is 5.73 Å². The molecule has 1 aliphatic carbocycles. The van der Waals surface area contributed by atoms with Crippen LogP contribution in [0.3, 0.4) is 0 Å². The van der Waals surface area contributed by atoms with Gasteiger partial charge in [-0.1, -0.05) is 18.6 Å². The smallest absolute Gasteiger partial charge is 0.319 e. The van der Waals surface area contributed by atoms with Crippen LogP contribution in [0.1, 0.15) is 33.1 Å². The molecule has 1 aliphatic rings. The molecule has 1 saturated carbocycles. The Kier molecular flexibility index (Phi) is 8.01. The first-order chi connectivity index (χ1) is 11.0. The highest BCUT2D eigenvalue weighted by Gasteiger charge is 2.32. The molecule has 0 spiro atoms. The molecule has 24 heavy (non-hydrogen) atoms. The number of nitrogens with one attached hydrogen (secondary N) is 3. The lowest BCUT2D eigenvalue weighted by Gasteiger charge is -2.19. The quantitative estimate of drug-likeness (QED) is 0.654. The normalized spacial score (nSPS) is 19.5. The van der Waals surface area contributed by atoms with E-state index in [1.165, 1.54) is 0 Å². The average Bonchev–Trinajstić information content (AvgIpc) is 2.97. The fourth-order valence-electron chi connectivity index (χ4n) is 3.01. The van der Waals surface area contributed by atoms with Gasteiger partial charge in [0.15, 0.2) is 0 Å². The molecule has 6 nitrogen and oxygen atoms in total. The van der Waals surface area contributed by atoms with Crippen LogP contribution in [-0.2, 0) is 4.79 Å². The van der Waals surface area contributed by atoms with Crippen molar-refractivity contribution in [3.05, 3.63) is 24.3 Å². The minimum Gasteiger partial charge on any atom is -0.336 e. The standard InChI is InChI=1S/C17H26N4O2.ClH/c1-11(2)19-17(23)21-15-9-4-3-8-14(15)20-16(22)13-7-5-6-12(13)10-18;/h3-4,8-9,11-13H,5-7,10,18H2,1-2H3,(H,20,22)(H2,19,21,23);1H/t12-,13-;/m1./s1. The van der Waals surface area contributed by atoms with Crippen LogP contribution in [0, 0.1) is 11.8 Å². The molecule has 0 aromatic heterocycles. The van der Waals surface area contributed by atoms with E-state index in [1.807, 2.05) is 26.0 Å². The molecule has 0 unspecified atom stereocenters. The van der Waals surface area contributed by atoms with Gasteiger partial charge in [-0.15, -0.1) is 12.4 Å². The molecule has 0 radical (unpaired) electrons. The average molecular weight is 355 g/mol. The summed E-state index contributed by atoms with van der Waals surface area (Å²) in [5.74, 6) is 0.188. The van der Waals surface area contributed by atoms with Gasteiger partial charge in [0.2, 0.25) is 5.91 Å². The van der Waals surface area contributed by atoms with Crippen LogP contribution in [0.5, 0.6) is 0 Å². The maximum atomic E-state index is 12.5. The maximum absolute atomic E-state index is 12.5. The molecule has 1 fully saturated rings. The van der Waals surface area contributed by atoms with Gasteiger partial charge in [0.05, 0.1) is 11.4 Å². The Hall–Kier alpha value is -1.79. The van der Waals surface area contributed by atoms with Crippen molar-refractivity contribution in [2.75, 3.05) is 17.2 Å². The van der Waals surface area contributed by atoms with E-state index in [9.17, 15) is 9.59 Å². The van der Waals surface area contributed by atoms with Crippen LogP contribution in [0.25, 0.3) is 0 Å². The number of carbonyl (C=O) groups is 2. The lowest BCUT2D eigenvalue weighted by atomic mass is 9.95. The molecule has 134 valence electrons. The zero-order chi connectivity index (χ0) is 16.8. The number of anilines is 2. The van der Waals surface area contributed by atoms with Gasteiger partial charge < -0.3 is 21.7 Å². The van der Waals surface area contributed by atoms with E-state index < -0.39 is 0 Å². The summed E-state index contributed by atoms with van der Waals surface area (Å²) in [4.78, 5) is 24.4. The fourth-order valence-corrected chi connectivity index (χ4v) is 3.01. The highest BCUT2D eigenvalue weighted by atomic mass is 35.5. The molecular weight excluding hydrogens is 328 g/mol. The van der Waals surface area contributed by atoms with E-state index in [0.717, 1.165) is 19.3 Å². The largest absolute Gasteiger partial charge is 0.336 e. The zero-order valence-electron chi connectivity index (χ0n) is 14.2. The van der Waals surface area contributed by atoms with Gasteiger partial charge in [-0.3, -0.25) is 4.79 Å². The van der Waals surface area contributed by atoms with Crippen LogP contribution in [-0.4, -0.2) is 24.5 Å². The van der Waals surface area contributed by atoms with Crippen LogP contribution in [0.2, 0.25) is 0 Å². The molecule has 1 aromatic carbocycles. The topological polar surface area (TPSA) is 96.2 Å². The molecule has 7 heteroatoms. The highest BCUT2D eigenvalue weighted by Crippen LogP contribution is 2.32. The minimum atomic E-state index is -0.289. The first-order valence-corrected chi connectivity index (χ1v) is 8.18. The zero-order valence-corrected chi connectivity index (χ0v) is 15.0. The monoisotopic (exact) mass is 354 g/mol. The number of urea groups is 1. The Morgan fingerprint density at radius 3 is 2.38 bits per heavy atom. The third-order valence-corrected chi connectivity index (χ3v) is 4.15. The number of hydrogen-bond donors (Lipinski definition) is 4. The number of carbonyl (C=O) groups excluding carboxylic acids is 2. The van der Waals surface area contributed by atoms with Crippen molar-refractivity contribution >= 4 is 35.7 Å². The van der Waals surface area contributed by atoms with Gasteiger partial charge in [0.1, 0.15) is 0 Å². The van der Waals surface area contributed by atoms with Crippen molar-refractivity contribution < 1.29 is 9.59 Å². The summed E-state index contributed by atoms with van der Waals surface area (Å²) in [7, 11) is 0. The van der Waals surface area contributed by atoms with Crippen molar-refractivity contribution in [2.24, 2.45) is 17.6 Å². The summed E-state index contributed by atoms with van der Waals surface area (Å²) in [6.07, 6.45) is 2.92. The molecule has 0 heterocycles. The molecule has 3 amide bonds. The van der Waals surface area contributed by atoms with Crippen molar-refractivity contribution in [3.8, 4) is 0 Å². The predicted octanol–water partition coefficient (Wildman–Crippen LogP) is 2.95. The summed E-state index contributed by atoms with van der Waals surface area (Å²) < 4.78 is 0. The molecule has 1 aromatic rings. The van der Waals surface area contributed by atoms with E-state index in [1.54, 1.807) is 12.1 Å². The predicted molar refractivity (Wildman–Crippen MR) is 99.5 cm³/mol. The van der Waals surface area contributed by atoms with Gasteiger partial charge in [0, 0.05) is 12.0 Å². The van der Waals surface area contributed by atoms with Crippen LogP contribution in [0.15, 0.2) is 24.3 Å². The second-order valence-electron chi connectivity index (χ2n) is 6.32. The molecule has 2 rings (SSSR count). The molecule has 0 bridgehead atoms. The molecule has 0 saturated heterocycles. The van der Waals surface area contributed by atoms with Gasteiger partial charge in [-0.05, 0) is 51.3 Å². The van der Waals surface area contributed by atoms with Crippen LogP contribution < -0.4 is 21.7 Å². The number of halogens is 1. The summed E-state index contributed by atoms with van der Waals surface area (Å²) in [5, 5.41) is 8.48. The van der Waals surface area contributed by atoms with E-state index in [-0.39, 0.29) is 42.2 Å².